The van der Waals surface area contributed by atoms with E-state index in [1.165, 1.54) is 5.37 Å². The van der Waals surface area contributed by atoms with E-state index in [1.54, 1.807) is 24.3 Å². The monoisotopic (exact) mass is 320 g/mol. The van der Waals surface area contributed by atoms with Gasteiger partial charge >= 0.3 is 6.03 Å². The number of halogens is 2. The number of carbonyl (C=O) groups is 2. The fraction of sp³-hybridized carbons (Fsp3) is 0. The molecule has 0 spiro atoms. The number of imide groups is 1. The van der Waals surface area contributed by atoms with Gasteiger partial charge < -0.3 is 5.32 Å². The van der Waals surface area contributed by atoms with E-state index in [1.807, 2.05) is 5.32 Å². The van der Waals surface area contributed by atoms with Crippen LogP contribution < -0.4 is 10.6 Å². The molecule has 0 aliphatic carbocycles. The summed E-state index contributed by atoms with van der Waals surface area (Å²) in [6, 6.07) is 8.57. The summed E-state index contributed by atoms with van der Waals surface area (Å²) >= 11 is 4.74. The van der Waals surface area contributed by atoms with Crippen LogP contribution in [0.2, 0.25) is 0 Å². The van der Waals surface area contributed by atoms with Crippen LogP contribution in [0, 0.1) is 11.6 Å². The van der Waals surface area contributed by atoms with Gasteiger partial charge in [-0.05, 0) is 29.8 Å². The number of urea groups is 1. The molecule has 0 aromatic heterocycles. The molecule has 2 rings (SSSR count). The van der Waals surface area contributed by atoms with Crippen molar-refractivity contribution in [3.63, 3.8) is 0 Å². The molecule has 0 saturated heterocycles. The first-order valence-electron chi connectivity index (χ1n) is 6.13. The molecule has 3 amide bonds. The van der Waals surface area contributed by atoms with Crippen molar-refractivity contribution < 1.29 is 18.4 Å². The summed E-state index contributed by atoms with van der Waals surface area (Å²) in [7, 11) is 0. The van der Waals surface area contributed by atoms with Crippen molar-refractivity contribution in [2.45, 2.75) is 0 Å². The second-order valence-electron chi connectivity index (χ2n) is 4.24. The van der Waals surface area contributed by atoms with Gasteiger partial charge in [-0.25, -0.2) is 13.6 Å². The van der Waals surface area contributed by atoms with E-state index in [4.69, 9.17) is 12.2 Å². The van der Waals surface area contributed by atoms with Crippen LogP contribution in [0.15, 0.2) is 42.5 Å². The molecule has 2 N–H and O–H groups in total. The summed E-state index contributed by atoms with van der Waals surface area (Å²) < 4.78 is 26.8. The molecule has 0 radical (unpaired) electrons. The second kappa shape index (κ2) is 6.86. The average Bonchev–Trinajstić information content (AvgIpc) is 2.47. The zero-order chi connectivity index (χ0) is 16.1. The van der Waals surface area contributed by atoms with Crippen LogP contribution in [0.4, 0.5) is 19.3 Å². The average molecular weight is 320 g/mol. The predicted molar refractivity (Wildman–Crippen MR) is 82.0 cm³/mol. The maximum absolute atomic E-state index is 13.4. The molecule has 0 atom stereocenters. The predicted octanol–water partition coefficient (Wildman–Crippen LogP) is 3.27. The molecule has 112 valence electrons. The van der Waals surface area contributed by atoms with E-state index in [0.717, 1.165) is 23.8 Å². The zero-order valence-corrected chi connectivity index (χ0v) is 11.9. The summed E-state index contributed by atoms with van der Waals surface area (Å²) in [5.74, 6) is -3.25. The summed E-state index contributed by atoms with van der Waals surface area (Å²) in [6.07, 6.45) is 0. The van der Waals surface area contributed by atoms with Gasteiger partial charge in [-0.1, -0.05) is 30.4 Å². The lowest BCUT2D eigenvalue weighted by Gasteiger charge is -2.08. The molecule has 2 aromatic carbocycles. The van der Waals surface area contributed by atoms with E-state index in [2.05, 4.69) is 5.32 Å². The molecule has 0 bridgehead atoms. The maximum atomic E-state index is 13.4. The van der Waals surface area contributed by atoms with Crippen molar-refractivity contribution in [1.82, 2.24) is 5.32 Å². The van der Waals surface area contributed by atoms with Crippen molar-refractivity contribution in [3.8, 4) is 0 Å². The van der Waals surface area contributed by atoms with Crippen molar-refractivity contribution in [2.24, 2.45) is 0 Å². The van der Waals surface area contributed by atoms with Crippen molar-refractivity contribution in [2.75, 3.05) is 5.32 Å². The van der Waals surface area contributed by atoms with E-state index in [-0.39, 0.29) is 0 Å². The minimum atomic E-state index is -1.16. The van der Waals surface area contributed by atoms with E-state index in [9.17, 15) is 18.4 Å². The quantitative estimate of drug-likeness (QED) is 0.853. The number of nitrogens with one attached hydrogen (secondary N) is 2. The molecular formula is C15H10F2N2O2S. The molecule has 0 aliphatic heterocycles. The van der Waals surface area contributed by atoms with Gasteiger partial charge in [-0.3, -0.25) is 10.1 Å². The molecule has 0 fully saturated rings. The molecule has 22 heavy (non-hydrogen) atoms. The fourth-order valence-corrected chi connectivity index (χ4v) is 1.84. The summed E-state index contributed by atoms with van der Waals surface area (Å²) in [5, 5.41) is 5.69. The van der Waals surface area contributed by atoms with Crippen LogP contribution >= 0.6 is 12.2 Å². The smallest absolute Gasteiger partial charge is 0.308 e. The van der Waals surface area contributed by atoms with Gasteiger partial charge in [-0.15, -0.1) is 0 Å². The summed E-state index contributed by atoms with van der Waals surface area (Å²) in [4.78, 5) is 23.4. The zero-order valence-electron chi connectivity index (χ0n) is 11.1. The Balaban J connectivity index is 2.05. The van der Waals surface area contributed by atoms with Crippen LogP contribution in [-0.2, 0) is 0 Å². The van der Waals surface area contributed by atoms with Gasteiger partial charge in [0.15, 0.2) is 0 Å². The van der Waals surface area contributed by atoms with Gasteiger partial charge in [0.05, 0.1) is 0 Å². The molecular weight excluding hydrogens is 310 g/mol. The minimum absolute atomic E-state index is 0.403. The third kappa shape index (κ3) is 3.70. The Bertz CT molecular complexity index is 713. The van der Waals surface area contributed by atoms with Gasteiger partial charge in [0.25, 0.3) is 5.91 Å². The highest BCUT2D eigenvalue weighted by atomic mass is 32.1. The summed E-state index contributed by atoms with van der Waals surface area (Å²) in [6.45, 7) is 0. The SMILES string of the molecule is O=C(NC(=O)c1c(F)cccc1F)Nc1ccc(C=S)cc1. The lowest BCUT2D eigenvalue weighted by molar-refractivity contribution is 0.0959. The van der Waals surface area contributed by atoms with Gasteiger partial charge in [-0.2, -0.15) is 0 Å². The Kier molecular flexibility index (Phi) is 4.90. The first kappa shape index (κ1) is 15.7. The van der Waals surface area contributed by atoms with Crippen molar-refractivity contribution in [1.29, 1.82) is 0 Å². The number of amides is 3. The van der Waals surface area contributed by atoms with E-state index < -0.39 is 29.1 Å². The molecule has 2 aromatic rings. The van der Waals surface area contributed by atoms with Crippen molar-refractivity contribution in [3.05, 3.63) is 65.2 Å². The van der Waals surface area contributed by atoms with Gasteiger partial charge in [0, 0.05) is 11.1 Å². The Morgan fingerprint density at radius 3 is 2.14 bits per heavy atom. The first-order chi connectivity index (χ1) is 10.5. The maximum Gasteiger partial charge on any atom is 0.326 e. The standard InChI is InChI=1S/C15H10F2N2O2S/c16-11-2-1-3-12(17)13(11)14(20)19-15(21)18-10-6-4-9(8-22)5-7-10/h1-8H,(H2,18,19,20,21). The number of carbonyl (C=O) groups excluding carboxylic acids is 2. The lowest BCUT2D eigenvalue weighted by atomic mass is 10.2. The highest BCUT2D eigenvalue weighted by molar-refractivity contribution is 7.79. The largest absolute Gasteiger partial charge is 0.326 e. The Labute approximate surface area is 130 Å². The highest BCUT2D eigenvalue weighted by Gasteiger charge is 2.19. The lowest BCUT2D eigenvalue weighted by Crippen LogP contribution is -2.35. The Hall–Kier alpha value is -2.67. The number of thiocarbonyl (C=S) groups is 1. The molecule has 0 unspecified atom stereocenters. The number of benzene rings is 2. The van der Waals surface area contributed by atoms with Crippen LogP contribution in [0.5, 0.6) is 0 Å². The van der Waals surface area contributed by atoms with Crippen molar-refractivity contribution >= 4 is 35.2 Å². The van der Waals surface area contributed by atoms with Crippen LogP contribution in [-0.4, -0.2) is 17.3 Å². The Morgan fingerprint density at radius 2 is 1.59 bits per heavy atom. The molecule has 4 nitrogen and oxygen atoms in total. The van der Waals surface area contributed by atoms with Crippen LogP contribution in [0.25, 0.3) is 0 Å². The first-order valence-corrected chi connectivity index (χ1v) is 6.60. The normalized spacial score (nSPS) is 9.91. The third-order valence-electron chi connectivity index (χ3n) is 2.72. The Morgan fingerprint density at radius 1 is 1.00 bits per heavy atom. The minimum Gasteiger partial charge on any atom is -0.308 e. The van der Waals surface area contributed by atoms with Crippen LogP contribution in [0.3, 0.4) is 0 Å². The molecule has 7 heteroatoms. The number of rotatable bonds is 3. The topological polar surface area (TPSA) is 58.2 Å². The second-order valence-corrected chi connectivity index (χ2v) is 4.48. The van der Waals surface area contributed by atoms with Gasteiger partial charge in [0.1, 0.15) is 17.2 Å². The van der Waals surface area contributed by atoms with E-state index >= 15 is 0 Å². The van der Waals surface area contributed by atoms with Gasteiger partial charge in [0.2, 0.25) is 0 Å². The molecule has 0 aliphatic rings. The summed E-state index contributed by atoms with van der Waals surface area (Å²) in [5.41, 5.74) is 0.374. The number of hydrogen-bond donors (Lipinski definition) is 2. The number of anilines is 1. The molecule has 0 saturated carbocycles. The highest BCUT2D eigenvalue weighted by Crippen LogP contribution is 2.12. The third-order valence-corrected chi connectivity index (χ3v) is 2.99. The molecule has 0 heterocycles. The fourth-order valence-electron chi connectivity index (χ4n) is 1.69. The van der Waals surface area contributed by atoms with E-state index in [0.29, 0.717) is 5.69 Å². The number of hydrogen-bond acceptors (Lipinski definition) is 3. The van der Waals surface area contributed by atoms with Crippen LogP contribution in [0.1, 0.15) is 15.9 Å².